The lowest BCUT2D eigenvalue weighted by Crippen LogP contribution is -2.12. The average Bonchev–Trinajstić information content (AvgIpc) is 2.63. The molecule has 1 N–H and O–H groups in total. The second-order valence-electron chi connectivity index (χ2n) is 4.97. The van der Waals surface area contributed by atoms with E-state index < -0.39 is 0 Å². The minimum absolute atomic E-state index is 0.0295. The molecule has 0 bridgehead atoms. The summed E-state index contributed by atoms with van der Waals surface area (Å²) in [5.74, 6) is -0.299. The second-order valence-corrected chi connectivity index (χ2v) is 6.20. The highest BCUT2D eigenvalue weighted by Gasteiger charge is 2.23. The Kier molecular flexibility index (Phi) is 4.00. The Morgan fingerprint density at radius 1 is 1.29 bits per heavy atom. The lowest BCUT2D eigenvalue weighted by molar-refractivity contribution is 0.625. The van der Waals surface area contributed by atoms with Crippen molar-refractivity contribution in [3.63, 3.8) is 0 Å². The number of hydrogen-bond donors (Lipinski definition) is 1. The number of anilines is 1. The zero-order valence-electron chi connectivity index (χ0n) is 11.3. The minimum Gasteiger partial charge on any atom is -0.382 e. The maximum absolute atomic E-state index is 14.2. The molecule has 0 saturated carbocycles. The molecule has 1 unspecified atom stereocenters. The van der Waals surface area contributed by atoms with Crippen LogP contribution in [-0.4, -0.2) is 18.3 Å². The van der Waals surface area contributed by atoms with Gasteiger partial charge in [0.15, 0.2) is 0 Å². The SMILES string of the molecule is CC1CNc2ccc(Br)c(Cl)c2C(c2ccccc2F)=N1. The first-order valence-corrected chi connectivity index (χ1v) is 7.80. The summed E-state index contributed by atoms with van der Waals surface area (Å²) in [7, 11) is 0. The van der Waals surface area contributed by atoms with E-state index in [0.717, 1.165) is 15.7 Å². The molecule has 21 heavy (non-hydrogen) atoms. The van der Waals surface area contributed by atoms with Crippen LogP contribution in [0, 0.1) is 5.82 Å². The number of benzene rings is 2. The van der Waals surface area contributed by atoms with Crippen molar-refractivity contribution in [2.45, 2.75) is 13.0 Å². The summed E-state index contributed by atoms with van der Waals surface area (Å²) in [5, 5.41) is 3.86. The first kappa shape index (κ1) is 14.5. The zero-order chi connectivity index (χ0) is 15.0. The van der Waals surface area contributed by atoms with Crippen molar-refractivity contribution >= 4 is 38.9 Å². The molecule has 0 aromatic heterocycles. The molecule has 0 radical (unpaired) electrons. The number of nitrogens with zero attached hydrogens (tertiary/aromatic N) is 1. The van der Waals surface area contributed by atoms with Gasteiger partial charge < -0.3 is 5.32 Å². The topological polar surface area (TPSA) is 24.4 Å². The van der Waals surface area contributed by atoms with Gasteiger partial charge in [0, 0.05) is 27.8 Å². The van der Waals surface area contributed by atoms with Crippen molar-refractivity contribution in [2.24, 2.45) is 4.99 Å². The molecule has 1 aliphatic heterocycles. The predicted molar refractivity (Wildman–Crippen MR) is 89.1 cm³/mol. The van der Waals surface area contributed by atoms with Crippen molar-refractivity contribution in [3.05, 3.63) is 62.8 Å². The number of halogens is 3. The molecule has 2 aromatic carbocycles. The van der Waals surface area contributed by atoms with E-state index in [1.54, 1.807) is 18.2 Å². The summed E-state index contributed by atoms with van der Waals surface area (Å²) in [6.45, 7) is 2.67. The van der Waals surface area contributed by atoms with Crippen LogP contribution in [-0.2, 0) is 0 Å². The van der Waals surface area contributed by atoms with E-state index in [-0.39, 0.29) is 11.9 Å². The van der Waals surface area contributed by atoms with E-state index in [0.29, 0.717) is 22.8 Å². The molecular weight excluding hydrogens is 355 g/mol. The number of hydrogen-bond acceptors (Lipinski definition) is 2. The molecular formula is C16H13BrClFN2. The van der Waals surface area contributed by atoms with E-state index in [1.165, 1.54) is 6.07 Å². The van der Waals surface area contributed by atoms with Crippen molar-refractivity contribution in [1.82, 2.24) is 0 Å². The van der Waals surface area contributed by atoms with Crippen LogP contribution in [0.2, 0.25) is 5.02 Å². The molecule has 3 rings (SSSR count). The number of fused-ring (bicyclic) bond motifs is 1. The fraction of sp³-hybridized carbons (Fsp3) is 0.188. The van der Waals surface area contributed by atoms with Gasteiger partial charge in [0.05, 0.1) is 16.8 Å². The van der Waals surface area contributed by atoms with Crippen LogP contribution in [0.15, 0.2) is 45.9 Å². The van der Waals surface area contributed by atoms with Crippen molar-refractivity contribution < 1.29 is 4.39 Å². The Morgan fingerprint density at radius 2 is 2.05 bits per heavy atom. The number of rotatable bonds is 1. The zero-order valence-corrected chi connectivity index (χ0v) is 13.7. The molecule has 0 aliphatic carbocycles. The van der Waals surface area contributed by atoms with E-state index in [9.17, 15) is 4.39 Å². The van der Waals surface area contributed by atoms with Gasteiger partial charge in [-0.1, -0.05) is 23.7 Å². The Bertz CT molecular complexity index is 730. The van der Waals surface area contributed by atoms with Crippen LogP contribution in [0.3, 0.4) is 0 Å². The summed E-state index contributed by atoms with van der Waals surface area (Å²) in [6, 6.07) is 10.5. The molecule has 108 valence electrons. The van der Waals surface area contributed by atoms with Gasteiger partial charge in [-0.2, -0.15) is 0 Å². The Labute approximate surface area is 136 Å². The highest BCUT2D eigenvalue weighted by Crippen LogP contribution is 2.35. The standard InChI is InChI=1S/C16H13BrClFN2/c1-9-8-20-13-7-6-11(17)15(18)14(13)16(21-9)10-4-2-3-5-12(10)19/h2-7,9,20H,8H2,1H3. The van der Waals surface area contributed by atoms with E-state index in [1.807, 2.05) is 19.1 Å². The lowest BCUT2D eigenvalue weighted by Gasteiger charge is -2.14. The molecule has 0 amide bonds. The average molecular weight is 368 g/mol. The molecule has 0 fully saturated rings. The van der Waals surface area contributed by atoms with Crippen LogP contribution >= 0.6 is 27.5 Å². The molecule has 2 nitrogen and oxygen atoms in total. The van der Waals surface area contributed by atoms with Gasteiger partial charge in [0.25, 0.3) is 0 Å². The van der Waals surface area contributed by atoms with Gasteiger partial charge in [0.1, 0.15) is 5.82 Å². The van der Waals surface area contributed by atoms with Crippen LogP contribution in [0.4, 0.5) is 10.1 Å². The monoisotopic (exact) mass is 366 g/mol. The van der Waals surface area contributed by atoms with Crippen LogP contribution < -0.4 is 5.32 Å². The molecule has 2 aromatic rings. The predicted octanol–water partition coefficient (Wildman–Crippen LogP) is 4.89. The molecule has 0 spiro atoms. The third-order valence-electron chi connectivity index (χ3n) is 3.40. The maximum Gasteiger partial charge on any atom is 0.132 e. The molecule has 0 saturated heterocycles. The summed E-state index contributed by atoms with van der Waals surface area (Å²) in [4.78, 5) is 4.66. The lowest BCUT2D eigenvalue weighted by atomic mass is 10.00. The van der Waals surface area contributed by atoms with Gasteiger partial charge in [-0.3, -0.25) is 4.99 Å². The fourth-order valence-corrected chi connectivity index (χ4v) is 2.96. The van der Waals surface area contributed by atoms with Crippen LogP contribution in [0.5, 0.6) is 0 Å². The molecule has 1 aliphatic rings. The quantitative estimate of drug-likeness (QED) is 0.762. The normalized spacial score (nSPS) is 17.5. The summed E-state index contributed by atoms with van der Waals surface area (Å²) in [5.41, 5.74) is 2.66. The molecule has 1 atom stereocenters. The summed E-state index contributed by atoms with van der Waals surface area (Å²) < 4.78 is 15.0. The van der Waals surface area contributed by atoms with E-state index >= 15 is 0 Å². The van der Waals surface area contributed by atoms with Gasteiger partial charge in [-0.05, 0) is 47.1 Å². The highest BCUT2D eigenvalue weighted by molar-refractivity contribution is 9.10. The van der Waals surface area contributed by atoms with Crippen LogP contribution in [0.1, 0.15) is 18.1 Å². The number of benzodiazepines with no additional fused rings is 1. The van der Waals surface area contributed by atoms with E-state index in [2.05, 4.69) is 26.2 Å². The van der Waals surface area contributed by atoms with Gasteiger partial charge in [-0.25, -0.2) is 4.39 Å². The smallest absolute Gasteiger partial charge is 0.132 e. The van der Waals surface area contributed by atoms with Crippen molar-refractivity contribution in [1.29, 1.82) is 0 Å². The summed E-state index contributed by atoms with van der Waals surface area (Å²) in [6.07, 6.45) is 0. The van der Waals surface area contributed by atoms with Gasteiger partial charge >= 0.3 is 0 Å². The number of nitrogens with one attached hydrogen (secondary N) is 1. The maximum atomic E-state index is 14.2. The Morgan fingerprint density at radius 3 is 2.81 bits per heavy atom. The Balaban J connectivity index is 2.29. The molecule has 1 heterocycles. The number of aliphatic imine (C=N–C) groups is 1. The minimum atomic E-state index is -0.299. The third-order valence-corrected chi connectivity index (χ3v) is 4.68. The first-order chi connectivity index (χ1) is 10.1. The van der Waals surface area contributed by atoms with Crippen molar-refractivity contribution in [3.8, 4) is 0 Å². The first-order valence-electron chi connectivity index (χ1n) is 6.63. The fourth-order valence-electron chi connectivity index (χ4n) is 2.38. The van der Waals surface area contributed by atoms with Crippen LogP contribution in [0.25, 0.3) is 0 Å². The molecule has 5 heteroatoms. The Hall–Kier alpha value is -1.39. The van der Waals surface area contributed by atoms with Gasteiger partial charge in [0.2, 0.25) is 0 Å². The third kappa shape index (κ3) is 2.70. The second kappa shape index (κ2) is 5.78. The van der Waals surface area contributed by atoms with Crippen molar-refractivity contribution in [2.75, 3.05) is 11.9 Å². The van der Waals surface area contributed by atoms with Gasteiger partial charge in [-0.15, -0.1) is 0 Å². The highest BCUT2D eigenvalue weighted by atomic mass is 79.9. The largest absolute Gasteiger partial charge is 0.382 e. The summed E-state index contributed by atoms with van der Waals surface area (Å²) >= 11 is 9.86. The van der Waals surface area contributed by atoms with E-state index in [4.69, 9.17) is 11.6 Å².